The van der Waals surface area contributed by atoms with Crippen molar-refractivity contribution in [2.45, 2.75) is 11.5 Å². The van der Waals surface area contributed by atoms with Crippen LogP contribution < -0.4 is 5.14 Å². The predicted molar refractivity (Wildman–Crippen MR) is 70.9 cm³/mol. The Balaban J connectivity index is 2.43. The van der Waals surface area contributed by atoms with Gasteiger partial charge in [-0.3, -0.25) is 4.98 Å². The molecule has 0 amide bonds. The summed E-state index contributed by atoms with van der Waals surface area (Å²) >= 11 is 0. The first kappa shape index (κ1) is 12.1. The van der Waals surface area contributed by atoms with Crippen molar-refractivity contribution in [2.75, 3.05) is 0 Å². The van der Waals surface area contributed by atoms with Gasteiger partial charge in [-0.25, -0.2) is 13.6 Å². The van der Waals surface area contributed by atoms with Crippen LogP contribution in [0.1, 0.15) is 5.69 Å². The summed E-state index contributed by atoms with van der Waals surface area (Å²) in [4.78, 5) is 7.24. The highest BCUT2D eigenvalue weighted by molar-refractivity contribution is 7.89. The maximum atomic E-state index is 11.4. The Kier molecular flexibility index (Phi) is 2.56. The fraction of sp³-hybridized carbons (Fsp3) is 0.0833. The maximum absolute atomic E-state index is 11.4. The second kappa shape index (κ2) is 4.02. The van der Waals surface area contributed by atoms with Gasteiger partial charge in [0, 0.05) is 22.5 Å². The van der Waals surface area contributed by atoms with E-state index in [9.17, 15) is 13.5 Å². The van der Waals surface area contributed by atoms with E-state index in [-0.39, 0.29) is 11.5 Å². The number of benzene rings is 1. The molecule has 0 unspecified atom stereocenters. The van der Waals surface area contributed by atoms with E-state index in [0.29, 0.717) is 11.2 Å². The van der Waals surface area contributed by atoms with Gasteiger partial charge in [0.15, 0.2) is 0 Å². The molecule has 98 valence electrons. The van der Waals surface area contributed by atoms with Crippen LogP contribution in [0.5, 0.6) is 0 Å². The van der Waals surface area contributed by atoms with Crippen molar-refractivity contribution in [1.29, 1.82) is 0 Å². The number of hydrogen-bond donors (Lipinski definition) is 3. The van der Waals surface area contributed by atoms with Crippen molar-refractivity contribution in [3.63, 3.8) is 0 Å². The highest BCUT2D eigenvalue weighted by Crippen LogP contribution is 2.28. The van der Waals surface area contributed by atoms with Crippen LogP contribution in [0.25, 0.3) is 21.8 Å². The highest BCUT2D eigenvalue weighted by atomic mass is 32.2. The van der Waals surface area contributed by atoms with E-state index in [1.165, 1.54) is 12.1 Å². The Labute approximate surface area is 108 Å². The van der Waals surface area contributed by atoms with Gasteiger partial charge in [-0.05, 0) is 24.3 Å². The summed E-state index contributed by atoms with van der Waals surface area (Å²) in [7, 11) is -3.74. The average molecular weight is 277 g/mol. The molecule has 7 heteroatoms. The first-order chi connectivity index (χ1) is 9.00. The normalized spacial score (nSPS) is 12.3. The van der Waals surface area contributed by atoms with Crippen molar-refractivity contribution in [3.05, 3.63) is 36.2 Å². The predicted octanol–water partition coefficient (Wildman–Crippen LogP) is 0.856. The summed E-state index contributed by atoms with van der Waals surface area (Å²) in [5.41, 5.74) is 1.99. The molecule has 0 aliphatic rings. The Bertz CT molecular complexity index is 884. The van der Waals surface area contributed by atoms with Gasteiger partial charge in [-0.1, -0.05) is 0 Å². The lowest BCUT2D eigenvalue weighted by Gasteiger charge is -1.98. The highest BCUT2D eigenvalue weighted by Gasteiger charge is 2.13. The second-order valence-electron chi connectivity index (χ2n) is 4.22. The Hall–Kier alpha value is -1.96. The number of pyridine rings is 1. The van der Waals surface area contributed by atoms with Crippen molar-refractivity contribution < 1.29 is 13.5 Å². The van der Waals surface area contributed by atoms with E-state index in [1.807, 2.05) is 0 Å². The number of H-pyrrole nitrogens is 1. The van der Waals surface area contributed by atoms with E-state index in [1.54, 1.807) is 18.3 Å². The lowest BCUT2D eigenvalue weighted by Crippen LogP contribution is -2.11. The number of rotatable bonds is 2. The van der Waals surface area contributed by atoms with Crippen LogP contribution in [-0.4, -0.2) is 23.5 Å². The van der Waals surface area contributed by atoms with Crippen molar-refractivity contribution in [1.82, 2.24) is 9.97 Å². The molecule has 6 nitrogen and oxygen atoms in total. The van der Waals surface area contributed by atoms with Crippen molar-refractivity contribution >= 4 is 31.8 Å². The molecule has 0 atom stereocenters. The Morgan fingerprint density at radius 2 is 2.05 bits per heavy atom. The zero-order valence-corrected chi connectivity index (χ0v) is 10.6. The number of nitrogens with zero attached hydrogens (tertiary/aromatic N) is 1. The lowest BCUT2D eigenvalue weighted by atomic mass is 10.1. The molecule has 0 bridgehead atoms. The number of nitrogens with two attached hydrogens (primary N) is 1. The molecule has 4 N–H and O–H groups in total. The second-order valence-corrected chi connectivity index (χ2v) is 5.78. The summed E-state index contributed by atoms with van der Waals surface area (Å²) in [5, 5.41) is 15.9. The molecule has 19 heavy (non-hydrogen) atoms. The van der Waals surface area contributed by atoms with Gasteiger partial charge in [0.2, 0.25) is 10.0 Å². The van der Waals surface area contributed by atoms with Crippen LogP contribution >= 0.6 is 0 Å². The van der Waals surface area contributed by atoms with Gasteiger partial charge < -0.3 is 10.1 Å². The minimum atomic E-state index is -3.74. The third-order valence-electron chi connectivity index (χ3n) is 3.05. The standard InChI is InChI=1S/C12H11N3O3S/c13-19(17,18)7-1-2-10-9(5-7)8-3-4-14-11(6-16)12(8)15-10/h1-5,15-16H,6H2,(H2,13,17,18). The molecule has 1 aromatic carbocycles. The molecule has 0 radical (unpaired) electrons. The van der Waals surface area contributed by atoms with Crippen LogP contribution in [0.15, 0.2) is 35.4 Å². The molecule has 3 aromatic rings. The zero-order valence-electron chi connectivity index (χ0n) is 9.79. The van der Waals surface area contributed by atoms with Gasteiger partial charge in [0.1, 0.15) is 0 Å². The van der Waals surface area contributed by atoms with E-state index in [2.05, 4.69) is 9.97 Å². The maximum Gasteiger partial charge on any atom is 0.238 e. The number of fused-ring (bicyclic) bond motifs is 3. The molecular formula is C12H11N3O3S. The Morgan fingerprint density at radius 3 is 2.74 bits per heavy atom. The summed E-state index contributed by atoms with van der Waals surface area (Å²) in [6.45, 7) is -0.188. The number of primary sulfonamides is 1. The van der Waals surface area contributed by atoms with Gasteiger partial charge in [-0.2, -0.15) is 0 Å². The van der Waals surface area contributed by atoms with Gasteiger partial charge in [-0.15, -0.1) is 0 Å². The van der Waals surface area contributed by atoms with Gasteiger partial charge in [0.05, 0.1) is 22.7 Å². The summed E-state index contributed by atoms with van der Waals surface area (Å²) < 4.78 is 22.7. The fourth-order valence-electron chi connectivity index (χ4n) is 2.16. The van der Waals surface area contributed by atoms with Crippen molar-refractivity contribution in [3.8, 4) is 0 Å². The number of aliphatic hydroxyl groups is 1. The largest absolute Gasteiger partial charge is 0.390 e. The van der Waals surface area contributed by atoms with Gasteiger partial charge in [0.25, 0.3) is 0 Å². The van der Waals surface area contributed by atoms with Crippen LogP contribution in [0.4, 0.5) is 0 Å². The quantitative estimate of drug-likeness (QED) is 0.645. The van der Waals surface area contributed by atoms with Crippen molar-refractivity contribution in [2.24, 2.45) is 5.14 Å². The molecule has 0 saturated carbocycles. The minimum Gasteiger partial charge on any atom is -0.390 e. The summed E-state index contributed by atoms with van der Waals surface area (Å²) in [6, 6.07) is 6.38. The Morgan fingerprint density at radius 1 is 1.26 bits per heavy atom. The zero-order chi connectivity index (χ0) is 13.6. The van der Waals surface area contributed by atoms with Gasteiger partial charge >= 0.3 is 0 Å². The summed E-state index contributed by atoms with van der Waals surface area (Å²) in [5.74, 6) is 0. The number of nitrogens with one attached hydrogen (secondary N) is 1. The van der Waals surface area contributed by atoms with E-state index < -0.39 is 10.0 Å². The van der Waals surface area contributed by atoms with E-state index >= 15 is 0 Å². The third-order valence-corrected chi connectivity index (χ3v) is 3.96. The molecule has 2 aromatic heterocycles. The minimum absolute atomic E-state index is 0.0586. The lowest BCUT2D eigenvalue weighted by molar-refractivity contribution is 0.278. The smallest absolute Gasteiger partial charge is 0.238 e. The SMILES string of the molecule is NS(=O)(=O)c1ccc2[nH]c3c(CO)nccc3c2c1. The molecule has 0 spiro atoms. The molecule has 3 rings (SSSR count). The number of aromatic amines is 1. The molecular weight excluding hydrogens is 266 g/mol. The molecule has 0 aliphatic carbocycles. The molecule has 2 heterocycles. The summed E-state index contributed by atoms with van der Waals surface area (Å²) in [6.07, 6.45) is 1.57. The number of sulfonamides is 1. The van der Waals surface area contributed by atoms with E-state index in [0.717, 1.165) is 16.3 Å². The first-order valence-corrected chi connectivity index (χ1v) is 7.08. The number of aliphatic hydroxyl groups excluding tert-OH is 1. The van der Waals surface area contributed by atoms with Crippen LogP contribution in [0.2, 0.25) is 0 Å². The molecule has 0 saturated heterocycles. The molecule has 0 aliphatic heterocycles. The third kappa shape index (κ3) is 1.88. The van der Waals surface area contributed by atoms with Crippen LogP contribution in [0.3, 0.4) is 0 Å². The average Bonchev–Trinajstić information content (AvgIpc) is 2.75. The number of aromatic nitrogens is 2. The fourth-order valence-corrected chi connectivity index (χ4v) is 2.70. The topological polar surface area (TPSA) is 109 Å². The monoisotopic (exact) mass is 277 g/mol. The van der Waals surface area contributed by atoms with Crippen LogP contribution in [0, 0.1) is 0 Å². The van der Waals surface area contributed by atoms with E-state index in [4.69, 9.17) is 5.14 Å². The number of hydrogen-bond acceptors (Lipinski definition) is 4. The van der Waals surface area contributed by atoms with Crippen LogP contribution in [-0.2, 0) is 16.6 Å². The molecule has 0 fully saturated rings. The first-order valence-electron chi connectivity index (χ1n) is 5.53.